The van der Waals surface area contributed by atoms with E-state index >= 15 is 0 Å². The highest BCUT2D eigenvalue weighted by Crippen LogP contribution is 2.29. The van der Waals surface area contributed by atoms with Crippen LogP contribution in [0.15, 0.2) is 18.2 Å². The van der Waals surface area contributed by atoms with E-state index < -0.39 is 0 Å². The van der Waals surface area contributed by atoms with E-state index in [4.69, 9.17) is 9.47 Å². The van der Waals surface area contributed by atoms with E-state index in [9.17, 15) is 5.11 Å². The van der Waals surface area contributed by atoms with Crippen molar-refractivity contribution in [2.24, 2.45) is 0 Å². The highest BCUT2D eigenvalue weighted by atomic mass is 16.5. The zero-order valence-corrected chi connectivity index (χ0v) is 16.2. The van der Waals surface area contributed by atoms with Crippen LogP contribution in [0.1, 0.15) is 44.1 Å². The monoisotopic (exact) mass is 362 g/mol. The van der Waals surface area contributed by atoms with Gasteiger partial charge >= 0.3 is 0 Å². The molecule has 5 nitrogen and oxygen atoms in total. The van der Waals surface area contributed by atoms with Crippen molar-refractivity contribution in [3.8, 4) is 11.5 Å². The number of piperidine rings is 2. The predicted molar refractivity (Wildman–Crippen MR) is 104 cm³/mol. The maximum atomic E-state index is 9.60. The molecule has 0 aromatic heterocycles. The first-order valence-corrected chi connectivity index (χ1v) is 10.2. The van der Waals surface area contributed by atoms with Crippen LogP contribution in [-0.4, -0.2) is 67.5 Å². The molecule has 1 aromatic rings. The van der Waals surface area contributed by atoms with Gasteiger partial charge in [-0.1, -0.05) is 18.9 Å². The van der Waals surface area contributed by atoms with Crippen molar-refractivity contribution >= 4 is 0 Å². The molecule has 2 saturated heterocycles. The van der Waals surface area contributed by atoms with Crippen LogP contribution >= 0.6 is 0 Å². The molecule has 0 saturated carbocycles. The summed E-state index contributed by atoms with van der Waals surface area (Å²) < 4.78 is 11.6. The van der Waals surface area contributed by atoms with Crippen molar-refractivity contribution in [1.29, 1.82) is 0 Å². The van der Waals surface area contributed by atoms with Gasteiger partial charge in [-0.25, -0.2) is 0 Å². The number of aliphatic hydroxyl groups excluding tert-OH is 1. The van der Waals surface area contributed by atoms with Crippen LogP contribution in [0.4, 0.5) is 0 Å². The number of nitrogens with zero attached hydrogens (tertiary/aromatic N) is 2. The summed E-state index contributed by atoms with van der Waals surface area (Å²) in [4.78, 5) is 4.87. The number of ether oxygens (including phenoxy) is 2. The number of hydrogen-bond donors (Lipinski definition) is 1. The molecule has 2 aliphatic heterocycles. The summed E-state index contributed by atoms with van der Waals surface area (Å²) in [7, 11) is 1.70. The summed E-state index contributed by atoms with van der Waals surface area (Å²) in [5.41, 5.74) is 1.21. The van der Waals surface area contributed by atoms with E-state index in [0.29, 0.717) is 6.61 Å². The molecule has 2 aliphatic rings. The van der Waals surface area contributed by atoms with Gasteiger partial charge in [0.1, 0.15) is 6.61 Å². The van der Waals surface area contributed by atoms with Gasteiger partial charge < -0.3 is 14.6 Å². The van der Waals surface area contributed by atoms with Crippen molar-refractivity contribution in [2.75, 3.05) is 46.5 Å². The van der Waals surface area contributed by atoms with Gasteiger partial charge in [0, 0.05) is 19.1 Å². The van der Waals surface area contributed by atoms with Crippen LogP contribution in [0.2, 0.25) is 0 Å². The van der Waals surface area contributed by atoms with Crippen LogP contribution in [0.3, 0.4) is 0 Å². The number of likely N-dealkylation sites (tertiary alicyclic amines) is 2. The summed E-state index contributed by atoms with van der Waals surface area (Å²) in [5.74, 6) is 1.63. The molecular formula is C21H34N2O3. The van der Waals surface area contributed by atoms with Crippen molar-refractivity contribution in [2.45, 2.75) is 51.1 Å². The maximum Gasteiger partial charge on any atom is 0.161 e. The topological polar surface area (TPSA) is 45.2 Å². The third-order valence-electron chi connectivity index (χ3n) is 5.69. The Kier molecular flexibility index (Phi) is 7.59. The normalized spacial score (nSPS) is 22.3. The lowest BCUT2D eigenvalue weighted by Gasteiger charge is -2.34. The largest absolute Gasteiger partial charge is 0.493 e. The second kappa shape index (κ2) is 10.1. The molecule has 0 amide bonds. The summed E-state index contributed by atoms with van der Waals surface area (Å²) >= 11 is 0. The molecular weight excluding hydrogens is 328 g/mol. The number of methoxy groups -OCH3 is 1. The average Bonchev–Trinajstić information content (AvgIpc) is 2.70. The van der Waals surface area contributed by atoms with E-state index in [1.165, 1.54) is 50.8 Å². The second-order valence-electron chi connectivity index (χ2n) is 7.54. The molecule has 2 heterocycles. The fraction of sp³-hybridized carbons (Fsp3) is 0.714. The van der Waals surface area contributed by atoms with Crippen molar-refractivity contribution in [1.82, 2.24) is 9.80 Å². The number of hydrogen-bond acceptors (Lipinski definition) is 5. The first-order valence-electron chi connectivity index (χ1n) is 10.2. The Balaban J connectivity index is 1.54. The lowest BCUT2D eigenvalue weighted by molar-refractivity contribution is 0.0840. The van der Waals surface area contributed by atoms with E-state index in [0.717, 1.165) is 37.6 Å². The third kappa shape index (κ3) is 5.35. The van der Waals surface area contributed by atoms with E-state index in [-0.39, 0.29) is 12.6 Å². The van der Waals surface area contributed by atoms with E-state index in [1.54, 1.807) is 7.11 Å². The molecule has 5 heteroatoms. The molecule has 0 unspecified atom stereocenters. The maximum absolute atomic E-state index is 9.60. The van der Waals surface area contributed by atoms with Gasteiger partial charge in [0.15, 0.2) is 11.5 Å². The smallest absolute Gasteiger partial charge is 0.161 e. The molecule has 1 atom stereocenters. The lowest BCUT2D eigenvalue weighted by atomic mass is 10.0. The predicted octanol–water partition coefficient (Wildman–Crippen LogP) is 2.91. The van der Waals surface area contributed by atoms with Crippen LogP contribution < -0.4 is 9.47 Å². The van der Waals surface area contributed by atoms with Crippen LogP contribution in [-0.2, 0) is 6.54 Å². The lowest BCUT2D eigenvalue weighted by Crippen LogP contribution is -2.41. The zero-order chi connectivity index (χ0) is 18.2. The SMILES string of the molecule is COc1cc(CN2CCCC[C@@H]2CO)ccc1OCCN1CCCCC1. The van der Waals surface area contributed by atoms with Crippen molar-refractivity contribution in [3.05, 3.63) is 23.8 Å². The first kappa shape index (κ1) is 19.5. The van der Waals surface area contributed by atoms with Gasteiger partial charge in [0.2, 0.25) is 0 Å². The average molecular weight is 363 g/mol. The molecule has 3 rings (SSSR count). The molecule has 1 N–H and O–H groups in total. The highest BCUT2D eigenvalue weighted by molar-refractivity contribution is 5.43. The summed E-state index contributed by atoms with van der Waals surface area (Å²) in [5, 5.41) is 9.60. The van der Waals surface area contributed by atoms with Gasteiger partial charge in [-0.05, 0) is 63.0 Å². The van der Waals surface area contributed by atoms with Crippen molar-refractivity contribution < 1.29 is 14.6 Å². The Labute approximate surface area is 157 Å². The number of benzene rings is 1. The van der Waals surface area contributed by atoms with Gasteiger partial charge in [0.05, 0.1) is 13.7 Å². The summed E-state index contributed by atoms with van der Waals surface area (Å²) in [6.45, 7) is 6.24. The third-order valence-corrected chi connectivity index (χ3v) is 5.69. The fourth-order valence-electron chi connectivity index (χ4n) is 4.11. The van der Waals surface area contributed by atoms with Crippen LogP contribution in [0.25, 0.3) is 0 Å². The molecule has 0 bridgehead atoms. The molecule has 0 aliphatic carbocycles. The Morgan fingerprint density at radius 2 is 1.85 bits per heavy atom. The molecule has 26 heavy (non-hydrogen) atoms. The minimum Gasteiger partial charge on any atom is -0.493 e. The Bertz CT molecular complexity index is 546. The Morgan fingerprint density at radius 1 is 1.04 bits per heavy atom. The zero-order valence-electron chi connectivity index (χ0n) is 16.2. The van der Waals surface area contributed by atoms with E-state index in [1.807, 2.05) is 6.07 Å². The number of rotatable bonds is 8. The Hall–Kier alpha value is -1.30. The molecule has 0 radical (unpaired) electrons. The van der Waals surface area contributed by atoms with Gasteiger partial charge in [0.25, 0.3) is 0 Å². The highest BCUT2D eigenvalue weighted by Gasteiger charge is 2.22. The first-order chi connectivity index (χ1) is 12.8. The van der Waals surface area contributed by atoms with Gasteiger partial charge in [-0.2, -0.15) is 0 Å². The molecule has 0 spiro atoms. The molecule has 1 aromatic carbocycles. The van der Waals surface area contributed by atoms with Crippen LogP contribution in [0, 0.1) is 0 Å². The quantitative estimate of drug-likeness (QED) is 0.770. The fourth-order valence-corrected chi connectivity index (χ4v) is 4.11. The molecule has 146 valence electrons. The van der Waals surface area contributed by atoms with Gasteiger partial charge in [-0.15, -0.1) is 0 Å². The minimum absolute atomic E-state index is 0.245. The number of aliphatic hydroxyl groups is 1. The standard InChI is InChI=1S/C21H34N2O3/c1-25-21-15-18(16-23-12-6-3-7-19(23)17-24)8-9-20(21)26-14-13-22-10-4-2-5-11-22/h8-9,15,19,24H,2-7,10-14,16-17H2,1H3/t19-/m1/s1. The Morgan fingerprint density at radius 3 is 2.62 bits per heavy atom. The summed E-state index contributed by atoms with van der Waals surface area (Å²) in [6, 6.07) is 6.53. The molecule has 2 fully saturated rings. The second-order valence-corrected chi connectivity index (χ2v) is 7.54. The summed E-state index contributed by atoms with van der Waals surface area (Å²) in [6.07, 6.45) is 7.50. The minimum atomic E-state index is 0.245. The van der Waals surface area contributed by atoms with Gasteiger partial charge in [-0.3, -0.25) is 9.80 Å². The van der Waals surface area contributed by atoms with Crippen molar-refractivity contribution in [3.63, 3.8) is 0 Å². The van der Waals surface area contributed by atoms with E-state index in [2.05, 4.69) is 21.9 Å². The van der Waals surface area contributed by atoms with Crippen LogP contribution in [0.5, 0.6) is 11.5 Å².